The SMILES string of the molecule is O=C(COC(=O)C[C@H]1CCS(=O)(=O)C1)N[C@H](c1ccccc1)c1cccs1. The first-order valence-corrected chi connectivity index (χ1v) is 11.4. The van der Waals surface area contributed by atoms with E-state index in [1.165, 1.54) is 11.3 Å². The van der Waals surface area contributed by atoms with E-state index in [2.05, 4.69) is 5.32 Å². The van der Waals surface area contributed by atoms with Crippen LogP contribution in [0.3, 0.4) is 0 Å². The molecule has 1 amide bonds. The predicted octanol–water partition coefficient (Wildman–Crippen LogP) is 2.32. The quantitative estimate of drug-likeness (QED) is 0.712. The zero-order chi connectivity index (χ0) is 19.3. The van der Waals surface area contributed by atoms with Crippen LogP contribution in [-0.4, -0.2) is 38.4 Å². The molecule has 0 bridgehead atoms. The molecule has 2 heterocycles. The fourth-order valence-electron chi connectivity index (χ4n) is 3.10. The largest absolute Gasteiger partial charge is 0.456 e. The van der Waals surface area contributed by atoms with Crippen molar-refractivity contribution in [2.24, 2.45) is 5.92 Å². The molecule has 144 valence electrons. The summed E-state index contributed by atoms with van der Waals surface area (Å²) >= 11 is 1.53. The Bertz CT molecular complexity index is 878. The second-order valence-corrected chi connectivity index (χ2v) is 9.77. The Kier molecular flexibility index (Phi) is 6.28. The van der Waals surface area contributed by atoms with Crippen molar-refractivity contribution >= 4 is 33.1 Å². The zero-order valence-electron chi connectivity index (χ0n) is 14.7. The summed E-state index contributed by atoms with van der Waals surface area (Å²) in [6, 6.07) is 13.1. The molecular weight excluding hydrogens is 386 g/mol. The first-order chi connectivity index (χ1) is 12.9. The smallest absolute Gasteiger partial charge is 0.306 e. The molecule has 3 rings (SSSR count). The number of rotatable bonds is 7. The van der Waals surface area contributed by atoms with E-state index in [1.807, 2.05) is 47.8 Å². The number of nitrogens with one attached hydrogen (secondary N) is 1. The number of amides is 1. The second kappa shape index (κ2) is 8.67. The lowest BCUT2D eigenvalue weighted by molar-refractivity contribution is -0.149. The Hall–Kier alpha value is -2.19. The minimum atomic E-state index is -3.03. The Labute approximate surface area is 162 Å². The van der Waals surface area contributed by atoms with Gasteiger partial charge in [-0.2, -0.15) is 0 Å². The molecule has 1 aliphatic rings. The molecule has 8 heteroatoms. The Morgan fingerprint density at radius 3 is 2.59 bits per heavy atom. The van der Waals surface area contributed by atoms with Crippen molar-refractivity contribution in [1.29, 1.82) is 0 Å². The molecular formula is C19H21NO5S2. The van der Waals surface area contributed by atoms with Crippen molar-refractivity contribution < 1.29 is 22.7 Å². The van der Waals surface area contributed by atoms with E-state index >= 15 is 0 Å². The topological polar surface area (TPSA) is 89.5 Å². The predicted molar refractivity (Wildman–Crippen MR) is 103 cm³/mol. The van der Waals surface area contributed by atoms with Crippen LogP contribution in [0.25, 0.3) is 0 Å². The van der Waals surface area contributed by atoms with Crippen molar-refractivity contribution in [3.8, 4) is 0 Å². The Morgan fingerprint density at radius 2 is 1.96 bits per heavy atom. The molecule has 1 fully saturated rings. The normalized spacial score (nSPS) is 19.3. The van der Waals surface area contributed by atoms with Gasteiger partial charge in [-0.25, -0.2) is 8.42 Å². The molecule has 1 saturated heterocycles. The maximum Gasteiger partial charge on any atom is 0.306 e. The number of thiophene rings is 1. The van der Waals surface area contributed by atoms with Gasteiger partial charge in [-0.1, -0.05) is 36.4 Å². The van der Waals surface area contributed by atoms with Crippen LogP contribution in [0.15, 0.2) is 47.8 Å². The summed E-state index contributed by atoms with van der Waals surface area (Å²) in [6.45, 7) is -0.382. The van der Waals surface area contributed by atoms with Crippen molar-refractivity contribution in [3.63, 3.8) is 0 Å². The van der Waals surface area contributed by atoms with Crippen molar-refractivity contribution in [2.45, 2.75) is 18.9 Å². The van der Waals surface area contributed by atoms with Gasteiger partial charge in [0, 0.05) is 11.3 Å². The number of sulfone groups is 1. The summed E-state index contributed by atoms with van der Waals surface area (Å²) in [5.74, 6) is -1.02. The highest BCUT2D eigenvalue weighted by Crippen LogP contribution is 2.26. The van der Waals surface area contributed by atoms with Gasteiger partial charge < -0.3 is 10.1 Å². The van der Waals surface area contributed by atoms with Gasteiger partial charge in [0.25, 0.3) is 5.91 Å². The summed E-state index contributed by atoms with van der Waals surface area (Å²) in [4.78, 5) is 25.2. The number of carbonyl (C=O) groups is 2. The maximum absolute atomic E-state index is 12.3. The summed E-state index contributed by atoms with van der Waals surface area (Å²) in [7, 11) is -3.03. The third-order valence-electron chi connectivity index (χ3n) is 4.41. The molecule has 1 N–H and O–H groups in total. The lowest BCUT2D eigenvalue weighted by atomic mass is 10.1. The van der Waals surface area contributed by atoms with E-state index in [9.17, 15) is 18.0 Å². The van der Waals surface area contributed by atoms with Crippen LogP contribution in [0.4, 0.5) is 0 Å². The van der Waals surface area contributed by atoms with E-state index in [-0.39, 0.29) is 36.5 Å². The molecule has 0 saturated carbocycles. The molecule has 0 unspecified atom stereocenters. The molecule has 0 radical (unpaired) electrons. The highest BCUT2D eigenvalue weighted by atomic mass is 32.2. The summed E-state index contributed by atoms with van der Waals surface area (Å²) in [5.41, 5.74) is 0.941. The first kappa shape index (κ1) is 19.6. The molecule has 2 aromatic rings. The maximum atomic E-state index is 12.3. The van der Waals surface area contributed by atoms with Gasteiger partial charge in [-0.05, 0) is 29.3 Å². The minimum Gasteiger partial charge on any atom is -0.456 e. The van der Waals surface area contributed by atoms with Gasteiger partial charge in [0.1, 0.15) is 0 Å². The van der Waals surface area contributed by atoms with Crippen LogP contribution in [0.1, 0.15) is 29.3 Å². The highest BCUT2D eigenvalue weighted by Gasteiger charge is 2.30. The van der Waals surface area contributed by atoms with Crippen molar-refractivity contribution in [3.05, 3.63) is 58.3 Å². The molecule has 2 atom stereocenters. The van der Waals surface area contributed by atoms with Crippen molar-refractivity contribution in [1.82, 2.24) is 5.32 Å². The van der Waals surface area contributed by atoms with Crippen LogP contribution in [0.2, 0.25) is 0 Å². The molecule has 1 aromatic heterocycles. The standard InChI is InChI=1S/C19H21NO5S2/c21-17(12-25-18(22)11-14-8-10-27(23,24)13-14)20-19(16-7-4-9-26-16)15-5-2-1-3-6-15/h1-7,9,14,19H,8,10-13H2,(H,20,21)/t14-,19-/m1/s1. The average molecular weight is 408 g/mol. The van der Waals surface area contributed by atoms with E-state index in [0.717, 1.165) is 10.4 Å². The molecule has 0 aliphatic carbocycles. The highest BCUT2D eigenvalue weighted by molar-refractivity contribution is 7.91. The number of carbonyl (C=O) groups excluding carboxylic acids is 2. The molecule has 1 aliphatic heterocycles. The summed E-state index contributed by atoms with van der Waals surface area (Å²) in [6.07, 6.45) is 0.498. The van der Waals surface area contributed by atoms with Gasteiger partial charge in [0.15, 0.2) is 16.4 Å². The molecule has 27 heavy (non-hydrogen) atoms. The van der Waals surface area contributed by atoms with Gasteiger partial charge in [-0.3, -0.25) is 9.59 Å². The third kappa shape index (κ3) is 5.64. The lowest BCUT2D eigenvalue weighted by Gasteiger charge is -2.18. The van der Waals surface area contributed by atoms with Crippen LogP contribution in [0, 0.1) is 5.92 Å². The number of benzene rings is 1. The fourth-order valence-corrected chi connectivity index (χ4v) is 5.76. The molecule has 0 spiro atoms. The monoisotopic (exact) mass is 407 g/mol. The third-order valence-corrected chi connectivity index (χ3v) is 7.19. The first-order valence-electron chi connectivity index (χ1n) is 8.67. The fraction of sp³-hybridized carbons (Fsp3) is 0.368. The Balaban J connectivity index is 1.53. The molecule has 6 nitrogen and oxygen atoms in total. The van der Waals surface area contributed by atoms with Crippen LogP contribution < -0.4 is 5.32 Å². The van der Waals surface area contributed by atoms with Gasteiger partial charge in [-0.15, -0.1) is 11.3 Å². The second-order valence-electron chi connectivity index (χ2n) is 6.56. The Morgan fingerprint density at radius 1 is 1.19 bits per heavy atom. The van der Waals surface area contributed by atoms with Crippen molar-refractivity contribution in [2.75, 3.05) is 18.1 Å². The number of hydrogen-bond donors (Lipinski definition) is 1. The summed E-state index contributed by atoms with van der Waals surface area (Å²) in [5, 5.41) is 4.83. The van der Waals surface area contributed by atoms with E-state index in [0.29, 0.717) is 6.42 Å². The van der Waals surface area contributed by atoms with E-state index in [4.69, 9.17) is 4.74 Å². The van der Waals surface area contributed by atoms with E-state index < -0.39 is 21.7 Å². The van der Waals surface area contributed by atoms with Gasteiger partial charge in [0.2, 0.25) is 0 Å². The number of esters is 1. The van der Waals surface area contributed by atoms with Crippen LogP contribution >= 0.6 is 11.3 Å². The zero-order valence-corrected chi connectivity index (χ0v) is 16.3. The minimum absolute atomic E-state index is 0.0166. The lowest BCUT2D eigenvalue weighted by Crippen LogP contribution is -2.33. The average Bonchev–Trinajstić information content (AvgIpc) is 3.28. The number of ether oxygens (including phenoxy) is 1. The molecule has 1 aromatic carbocycles. The van der Waals surface area contributed by atoms with Crippen LogP contribution in [-0.2, 0) is 24.2 Å². The van der Waals surface area contributed by atoms with Crippen LogP contribution in [0.5, 0.6) is 0 Å². The summed E-state index contributed by atoms with van der Waals surface area (Å²) < 4.78 is 27.9. The number of hydrogen-bond acceptors (Lipinski definition) is 6. The van der Waals surface area contributed by atoms with Gasteiger partial charge >= 0.3 is 5.97 Å². The van der Waals surface area contributed by atoms with E-state index in [1.54, 1.807) is 0 Å². The van der Waals surface area contributed by atoms with Gasteiger partial charge in [0.05, 0.1) is 17.5 Å².